The molecule has 0 fully saturated rings. The van der Waals surface area contributed by atoms with Crippen molar-refractivity contribution in [3.8, 4) is 0 Å². The molecule has 0 rings (SSSR count). The van der Waals surface area contributed by atoms with Crippen LogP contribution in [0.15, 0.2) is 0 Å². The van der Waals surface area contributed by atoms with Crippen LogP contribution in [0.5, 0.6) is 0 Å². The maximum atomic E-state index is 13.4. The van der Waals surface area contributed by atoms with Crippen molar-refractivity contribution in [3.63, 3.8) is 0 Å². The summed E-state index contributed by atoms with van der Waals surface area (Å²) in [5, 5.41) is 0. The van der Waals surface area contributed by atoms with Crippen LogP contribution in [0.1, 0.15) is 13.8 Å². The van der Waals surface area contributed by atoms with Crippen molar-refractivity contribution >= 4 is 0 Å². The van der Waals surface area contributed by atoms with Gasteiger partial charge in [0.25, 0.3) is 0 Å². The molecule has 0 saturated heterocycles. The molecular weight excluding hydrogens is 516 g/mol. The molecule has 0 amide bonds. The van der Waals surface area contributed by atoms with Gasteiger partial charge in [0.15, 0.2) is 0 Å². The lowest BCUT2D eigenvalue weighted by Gasteiger charge is -2.51. The quantitative estimate of drug-likeness (QED) is 0.203. The summed E-state index contributed by atoms with van der Waals surface area (Å²) in [7, 11) is 0. The minimum Gasteiger partial charge on any atom is -0.149 e. The van der Waals surface area contributed by atoms with Gasteiger partial charge in [-0.2, -0.15) is 0 Å². The topological polar surface area (TPSA) is 111 Å². The summed E-state index contributed by atoms with van der Waals surface area (Å²) in [6.45, 7) is -1.18. The fourth-order valence-corrected chi connectivity index (χ4v) is 2.20. The van der Waals surface area contributed by atoms with Gasteiger partial charge in [0, 0.05) is 13.8 Å². The number of rotatable bonds is 17. The van der Waals surface area contributed by atoms with E-state index < -0.39 is 48.6 Å². The van der Waals surface area contributed by atoms with E-state index in [0.29, 0.717) is 0 Å². The molecule has 194 valence electrons. The smallest absolute Gasteiger partial charge is 0.149 e. The van der Waals surface area contributed by atoms with Gasteiger partial charge in [-0.3, -0.25) is 0 Å². The first-order chi connectivity index (χ1) is 15.0. The van der Waals surface area contributed by atoms with E-state index in [4.69, 9.17) is 0 Å². The van der Waals surface area contributed by atoms with Gasteiger partial charge in [-0.15, -0.1) is 59.3 Å². The Bertz CT molecular complexity index is 502. The van der Waals surface area contributed by atoms with Crippen molar-refractivity contribution < 1.29 is 114 Å². The van der Waals surface area contributed by atoms with Gasteiger partial charge in [0.05, 0.1) is 0 Å². The summed E-state index contributed by atoms with van der Waals surface area (Å²) in [6.07, 6.45) is 0. The Kier molecular flexibility index (Phi) is 10.7. The molecule has 0 aliphatic heterocycles. The van der Waals surface area contributed by atoms with E-state index in [-0.39, 0.29) is 0 Å². The first-order valence-electron chi connectivity index (χ1n) is 6.55. The SMILES string of the molecule is CC(OF)(OF)C(OF)(OF)C(OF)(OF)C(OF)(OF)C(OF)(OF)C(C)(OF)OF. The Hall–Kier alpha value is -1.32. The van der Waals surface area contributed by atoms with Crippen LogP contribution < -0.4 is 0 Å². The third-order valence-corrected chi connectivity index (χ3v) is 3.95. The second-order valence-corrected chi connectivity index (χ2v) is 5.28. The zero-order valence-corrected chi connectivity index (χ0v) is 14.4. The highest BCUT2D eigenvalue weighted by atomic mass is 19.4. The van der Waals surface area contributed by atoms with E-state index in [1.54, 1.807) is 0 Å². The molecule has 0 spiro atoms. The molecule has 0 bridgehead atoms. The second kappa shape index (κ2) is 11.2. The monoisotopic (exact) mass is 522 g/mol. The second-order valence-electron chi connectivity index (χ2n) is 5.28. The van der Waals surface area contributed by atoms with Crippen molar-refractivity contribution in [1.82, 2.24) is 0 Å². The molecule has 0 N–H and O–H groups in total. The average Bonchev–Trinajstić information content (AvgIpc) is 2.85. The molecular formula is C8H6F12O12. The Morgan fingerprint density at radius 2 is 0.438 bits per heavy atom. The van der Waals surface area contributed by atoms with E-state index >= 15 is 0 Å². The van der Waals surface area contributed by atoms with Crippen molar-refractivity contribution in [2.24, 2.45) is 0 Å². The van der Waals surface area contributed by atoms with Crippen LogP contribution >= 0.6 is 0 Å². The first-order valence-corrected chi connectivity index (χ1v) is 6.55. The molecule has 0 aromatic heterocycles. The van der Waals surface area contributed by atoms with Crippen molar-refractivity contribution in [2.75, 3.05) is 0 Å². The summed E-state index contributed by atoms with van der Waals surface area (Å²) in [6, 6.07) is 0. The van der Waals surface area contributed by atoms with E-state index in [1.807, 2.05) is 0 Å². The van der Waals surface area contributed by atoms with E-state index in [9.17, 15) is 54.3 Å². The van der Waals surface area contributed by atoms with E-state index in [2.05, 4.69) is 59.3 Å². The molecule has 0 aromatic rings. The number of hydrogen-bond donors (Lipinski definition) is 0. The fraction of sp³-hybridized carbons (Fsp3) is 1.00. The predicted octanol–water partition coefficient (Wildman–Crippen LogP) is 4.02. The summed E-state index contributed by atoms with van der Waals surface area (Å²) >= 11 is 0. The Labute approximate surface area is 163 Å². The maximum Gasteiger partial charge on any atom is 0.374 e. The van der Waals surface area contributed by atoms with Crippen LogP contribution in [0, 0.1) is 0 Å². The van der Waals surface area contributed by atoms with Crippen molar-refractivity contribution in [2.45, 2.75) is 48.6 Å². The predicted molar refractivity (Wildman–Crippen MR) is 54.1 cm³/mol. The lowest BCUT2D eigenvalue weighted by Crippen LogP contribution is -2.85. The van der Waals surface area contributed by atoms with Gasteiger partial charge in [0.1, 0.15) is 0 Å². The molecule has 0 aromatic carbocycles. The van der Waals surface area contributed by atoms with Crippen LogP contribution in [0.25, 0.3) is 0 Å². The molecule has 0 saturated carbocycles. The summed E-state index contributed by atoms with van der Waals surface area (Å²) in [4.78, 5) is 27.6. The third kappa shape index (κ3) is 3.46. The van der Waals surface area contributed by atoms with Crippen LogP contribution in [0.2, 0.25) is 0 Å². The molecule has 24 heteroatoms. The minimum atomic E-state index is -6.34. The highest BCUT2D eigenvalue weighted by Crippen LogP contribution is 2.59. The Balaban J connectivity index is 7.96. The Morgan fingerprint density at radius 1 is 0.281 bits per heavy atom. The molecule has 0 heterocycles. The minimum absolute atomic E-state index is 0.592. The Morgan fingerprint density at radius 3 is 0.531 bits per heavy atom. The molecule has 32 heavy (non-hydrogen) atoms. The summed E-state index contributed by atoms with van der Waals surface area (Å²) in [5.74, 6) is -34.6. The van der Waals surface area contributed by atoms with Gasteiger partial charge in [0.2, 0.25) is 0 Å². The van der Waals surface area contributed by atoms with Crippen LogP contribution in [0.3, 0.4) is 0 Å². The molecule has 12 nitrogen and oxygen atoms in total. The molecule has 0 aliphatic rings. The summed E-state index contributed by atoms with van der Waals surface area (Å²) < 4.78 is 158. The number of halogens is 12. The van der Waals surface area contributed by atoms with Gasteiger partial charge in [-0.05, 0) is 54.3 Å². The average molecular weight is 522 g/mol. The maximum absolute atomic E-state index is 13.4. The van der Waals surface area contributed by atoms with E-state index in [1.165, 1.54) is 0 Å². The zero-order chi connectivity index (χ0) is 25.5. The van der Waals surface area contributed by atoms with Crippen LogP contribution in [0.4, 0.5) is 54.3 Å². The molecule has 0 aliphatic carbocycles. The molecule has 0 atom stereocenters. The standard InChI is InChI=1S/C8H6F12O12/c1-3(21-9,22-10)5(25-13,26-14)7(29-17,30-18)8(31-19,32-20)6(27-15,28-16)4(2,23-11)24-12/h1-2H3. The van der Waals surface area contributed by atoms with Crippen LogP contribution in [-0.4, -0.2) is 34.7 Å². The third-order valence-electron chi connectivity index (χ3n) is 3.95. The largest absolute Gasteiger partial charge is 0.374 e. The van der Waals surface area contributed by atoms with Gasteiger partial charge >= 0.3 is 34.7 Å². The summed E-state index contributed by atoms with van der Waals surface area (Å²) in [5.41, 5.74) is 0. The van der Waals surface area contributed by atoms with Gasteiger partial charge in [-0.25, -0.2) is 0 Å². The van der Waals surface area contributed by atoms with Gasteiger partial charge < -0.3 is 0 Å². The number of hydrogen-bond acceptors (Lipinski definition) is 12. The van der Waals surface area contributed by atoms with Crippen molar-refractivity contribution in [1.29, 1.82) is 0 Å². The van der Waals surface area contributed by atoms with Gasteiger partial charge in [-0.1, -0.05) is 0 Å². The molecule has 0 radical (unpaired) electrons. The highest BCUT2D eigenvalue weighted by molar-refractivity contribution is 5.12. The van der Waals surface area contributed by atoms with Crippen LogP contribution in [-0.2, 0) is 59.3 Å². The van der Waals surface area contributed by atoms with Crippen molar-refractivity contribution in [3.05, 3.63) is 0 Å². The fourth-order valence-electron chi connectivity index (χ4n) is 2.20. The molecule has 0 unspecified atom stereocenters. The zero-order valence-electron chi connectivity index (χ0n) is 14.4. The first kappa shape index (κ1) is 30.7. The normalized spacial score (nSPS) is 14.8. The lowest BCUT2D eigenvalue weighted by molar-refractivity contribution is -0.711. The highest BCUT2D eigenvalue weighted by Gasteiger charge is 2.95. The van der Waals surface area contributed by atoms with E-state index in [0.717, 1.165) is 0 Å². The lowest BCUT2D eigenvalue weighted by atomic mass is 9.82.